The second kappa shape index (κ2) is 8.66. The van der Waals surface area contributed by atoms with E-state index in [1.165, 1.54) is 7.11 Å². The highest BCUT2D eigenvalue weighted by Crippen LogP contribution is 2.19. The van der Waals surface area contributed by atoms with Gasteiger partial charge >= 0.3 is 11.9 Å². The molecule has 27 heavy (non-hydrogen) atoms. The van der Waals surface area contributed by atoms with Crippen LogP contribution in [0.25, 0.3) is 10.8 Å². The quantitative estimate of drug-likeness (QED) is 0.789. The van der Waals surface area contributed by atoms with Crippen LogP contribution in [0.5, 0.6) is 0 Å². The van der Waals surface area contributed by atoms with Gasteiger partial charge < -0.3 is 14.8 Å². The molecule has 6 nitrogen and oxygen atoms in total. The summed E-state index contributed by atoms with van der Waals surface area (Å²) in [7, 11) is 1.24. The monoisotopic (exact) mass is 371 g/mol. The van der Waals surface area contributed by atoms with Crippen LogP contribution in [0, 0.1) is 0 Å². The minimum absolute atomic E-state index is 0.00709. The lowest BCUT2D eigenvalue weighted by Crippen LogP contribution is -2.42. The Morgan fingerprint density at radius 1 is 1.04 bits per heavy atom. The Bertz CT molecular complexity index is 833. The van der Waals surface area contributed by atoms with Crippen LogP contribution in [0.1, 0.15) is 44.0 Å². The summed E-state index contributed by atoms with van der Waals surface area (Å²) in [6, 6.07) is 11.9. The number of carbonyl (C=O) groups excluding carboxylic acids is 3. The average Bonchev–Trinajstić information content (AvgIpc) is 2.62. The molecule has 2 rings (SSSR count). The normalized spacial score (nSPS) is 12.3. The van der Waals surface area contributed by atoms with E-state index in [1.807, 2.05) is 30.3 Å². The van der Waals surface area contributed by atoms with Crippen molar-refractivity contribution >= 4 is 28.6 Å². The molecule has 2 aromatic carbocycles. The molecular weight excluding hydrogens is 346 g/mol. The van der Waals surface area contributed by atoms with Gasteiger partial charge in [-0.05, 0) is 44.0 Å². The van der Waals surface area contributed by atoms with E-state index in [9.17, 15) is 14.4 Å². The number of methoxy groups -OCH3 is 1. The maximum atomic E-state index is 12.7. The van der Waals surface area contributed by atoms with Crippen molar-refractivity contribution < 1.29 is 23.9 Å². The van der Waals surface area contributed by atoms with Gasteiger partial charge in [0.25, 0.3) is 5.91 Å². The molecule has 0 bridgehead atoms. The first kappa shape index (κ1) is 20.4. The van der Waals surface area contributed by atoms with Gasteiger partial charge in [0.05, 0.1) is 7.11 Å². The molecule has 0 aliphatic heterocycles. The van der Waals surface area contributed by atoms with E-state index in [2.05, 4.69) is 5.32 Å². The standard InChI is InChI=1S/C21H25NO5/c1-21(2,3)27-18(23)13-12-17(20(25)26-4)22-19(24)16-11-7-9-14-8-5-6-10-15(14)16/h5-11,17H,12-13H2,1-4H3,(H,22,24)/t17-/m1/s1. The first-order chi connectivity index (χ1) is 12.7. The zero-order chi connectivity index (χ0) is 20.0. The maximum absolute atomic E-state index is 12.7. The van der Waals surface area contributed by atoms with Crippen molar-refractivity contribution in [3.8, 4) is 0 Å². The highest BCUT2D eigenvalue weighted by atomic mass is 16.6. The summed E-state index contributed by atoms with van der Waals surface area (Å²) in [5, 5.41) is 4.38. The third kappa shape index (κ3) is 5.81. The van der Waals surface area contributed by atoms with Gasteiger partial charge in [0, 0.05) is 12.0 Å². The predicted molar refractivity (Wildman–Crippen MR) is 102 cm³/mol. The molecule has 2 aromatic rings. The Balaban J connectivity index is 2.12. The smallest absolute Gasteiger partial charge is 0.328 e. The van der Waals surface area contributed by atoms with E-state index in [0.717, 1.165) is 10.8 Å². The number of benzene rings is 2. The lowest BCUT2D eigenvalue weighted by Gasteiger charge is -2.21. The van der Waals surface area contributed by atoms with Gasteiger partial charge in [0.15, 0.2) is 0 Å². The van der Waals surface area contributed by atoms with E-state index in [4.69, 9.17) is 9.47 Å². The number of amides is 1. The topological polar surface area (TPSA) is 81.7 Å². The van der Waals surface area contributed by atoms with Gasteiger partial charge in [0.1, 0.15) is 11.6 Å². The highest BCUT2D eigenvalue weighted by Gasteiger charge is 2.25. The molecule has 0 aromatic heterocycles. The van der Waals surface area contributed by atoms with Gasteiger partial charge in [-0.15, -0.1) is 0 Å². The van der Waals surface area contributed by atoms with E-state index in [-0.39, 0.29) is 12.8 Å². The summed E-state index contributed by atoms with van der Waals surface area (Å²) >= 11 is 0. The van der Waals surface area contributed by atoms with Crippen LogP contribution >= 0.6 is 0 Å². The highest BCUT2D eigenvalue weighted by molar-refractivity contribution is 6.08. The van der Waals surface area contributed by atoms with Crippen molar-refractivity contribution in [1.82, 2.24) is 5.32 Å². The Kier molecular flexibility index (Phi) is 6.55. The molecule has 1 atom stereocenters. The first-order valence-electron chi connectivity index (χ1n) is 8.79. The largest absolute Gasteiger partial charge is 0.467 e. The van der Waals surface area contributed by atoms with Crippen molar-refractivity contribution in [3.63, 3.8) is 0 Å². The second-order valence-corrected chi connectivity index (χ2v) is 7.20. The number of nitrogens with one attached hydrogen (secondary N) is 1. The molecule has 0 radical (unpaired) electrons. The number of rotatable bonds is 6. The Morgan fingerprint density at radius 3 is 2.37 bits per heavy atom. The van der Waals surface area contributed by atoms with Crippen LogP contribution in [0.15, 0.2) is 42.5 Å². The third-order valence-electron chi connectivity index (χ3n) is 3.88. The number of ether oxygens (including phenoxy) is 2. The van der Waals surface area contributed by atoms with Gasteiger partial charge in [-0.25, -0.2) is 4.79 Å². The first-order valence-corrected chi connectivity index (χ1v) is 8.79. The van der Waals surface area contributed by atoms with E-state index < -0.39 is 29.5 Å². The molecule has 0 aliphatic rings. The van der Waals surface area contributed by atoms with E-state index in [0.29, 0.717) is 5.56 Å². The Hall–Kier alpha value is -2.89. The average molecular weight is 371 g/mol. The maximum Gasteiger partial charge on any atom is 0.328 e. The molecule has 1 N–H and O–H groups in total. The van der Waals surface area contributed by atoms with Crippen LogP contribution in [0.2, 0.25) is 0 Å². The molecule has 0 aliphatic carbocycles. The fourth-order valence-electron chi connectivity index (χ4n) is 2.71. The molecule has 144 valence electrons. The number of fused-ring (bicyclic) bond motifs is 1. The van der Waals surface area contributed by atoms with Gasteiger partial charge in [-0.1, -0.05) is 36.4 Å². The predicted octanol–water partition coefficient (Wildman–Crippen LogP) is 3.23. The lowest BCUT2D eigenvalue weighted by atomic mass is 10.0. The number of carbonyl (C=O) groups is 3. The van der Waals surface area contributed by atoms with Gasteiger partial charge in [-0.3, -0.25) is 9.59 Å². The van der Waals surface area contributed by atoms with Crippen molar-refractivity contribution in [1.29, 1.82) is 0 Å². The van der Waals surface area contributed by atoms with Crippen LogP contribution in [0.3, 0.4) is 0 Å². The summed E-state index contributed by atoms with van der Waals surface area (Å²) in [5.41, 5.74) is -0.149. The molecule has 0 unspecified atom stereocenters. The Morgan fingerprint density at radius 2 is 1.70 bits per heavy atom. The summed E-state index contributed by atoms with van der Waals surface area (Å²) in [6.07, 6.45) is 0.0882. The summed E-state index contributed by atoms with van der Waals surface area (Å²) in [6.45, 7) is 5.31. The molecule has 0 fully saturated rings. The van der Waals surface area contributed by atoms with Crippen LogP contribution in [0.4, 0.5) is 0 Å². The minimum Gasteiger partial charge on any atom is -0.467 e. The second-order valence-electron chi connectivity index (χ2n) is 7.20. The van der Waals surface area contributed by atoms with E-state index in [1.54, 1.807) is 32.9 Å². The molecule has 6 heteroatoms. The summed E-state index contributed by atoms with van der Waals surface area (Å²) in [5.74, 6) is -1.44. The van der Waals surface area contributed by atoms with Crippen LogP contribution < -0.4 is 5.32 Å². The lowest BCUT2D eigenvalue weighted by molar-refractivity contribution is -0.155. The molecular formula is C21H25NO5. The van der Waals surface area contributed by atoms with Crippen molar-refractivity contribution in [2.45, 2.75) is 45.3 Å². The van der Waals surface area contributed by atoms with Gasteiger partial charge in [0.2, 0.25) is 0 Å². The van der Waals surface area contributed by atoms with Crippen molar-refractivity contribution in [2.24, 2.45) is 0 Å². The zero-order valence-electron chi connectivity index (χ0n) is 16.1. The third-order valence-corrected chi connectivity index (χ3v) is 3.88. The zero-order valence-corrected chi connectivity index (χ0v) is 16.1. The van der Waals surface area contributed by atoms with Crippen molar-refractivity contribution in [2.75, 3.05) is 7.11 Å². The number of esters is 2. The van der Waals surface area contributed by atoms with E-state index >= 15 is 0 Å². The number of hydrogen-bond acceptors (Lipinski definition) is 5. The molecule has 0 saturated carbocycles. The van der Waals surface area contributed by atoms with Gasteiger partial charge in [-0.2, -0.15) is 0 Å². The number of hydrogen-bond donors (Lipinski definition) is 1. The minimum atomic E-state index is -0.936. The summed E-state index contributed by atoms with van der Waals surface area (Å²) < 4.78 is 10.0. The molecule has 1 amide bonds. The SMILES string of the molecule is COC(=O)[C@@H](CCC(=O)OC(C)(C)C)NC(=O)c1cccc2ccccc12. The molecule has 0 saturated heterocycles. The molecule has 0 heterocycles. The molecule has 0 spiro atoms. The fraction of sp³-hybridized carbons (Fsp3) is 0.381. The Labute approximate surface area is 158 Å². The fourth-order valence-corrected chi connectivity index (χ4v) is 2.71. The van der Waals surface area contributed by atoms with Crippen molar-refractivity contribution in [3.05, 3.63) is 48.0 Å². The summed E-state index contributed by atoms with van der Waals surface area (Å²) in [4.78, 5) is 36.7. The van der Waals surface area contributed by atoms with Crippen LogP contribution in [-0.2, 0) is 19.1 Å². The van der Waals surface area contributed by atoms with Crippen LogP contribution in [-0.4, -0.2) is 36.6 Å².